The van der Waals surface area contributed by atoms with Gasteiger partial charge >= 0.3 is 0 Å². The number of nitrogens with one attached hydrogen (secondary N) is 1. The number of carbonyl (C=O) groups excluding carboxylic acids is 2. The molecule has 0 radical (unpaired) electrons. The van der Waals surface area contributed by atoms with Crippen LogP contribution in [0.25, 0.3) is 22.7 Å². The van der Waals surface area contributed by atoms with Crippen molar-refractivity contribution in [3.63, 3.8) is 0 Å². The number of ketones is 1. The number of Topliss-reactive ketones (excluding diaryl/α,β-unsaturated/α-hetero) is 1. The van der Waals surface area contributed by atoms with Gasteiger partial charge < -0.3 is 5.32 Å². The van der Waals surface area contributed by atoms with Crippen LogP contribution in [-0.2, 0) is 11.2 Å². The fraction of sp³-hybridized carbons (Fsp3) is 0.120. The van der Waals surface area contributed by atoms with Gasteiger partial charge in [0.15, 0.2) is 17.2 Å². The number of carbonyl (C=O) groups is 2. The summed E-state index contributed by atoms with van der Waals surface area (Å²) in [7, 11) is 0. The van der Waals surface area contributed by atoms with Crippen molar-refractivity contribution in [2.24, 2.45) is 0 Å². The van der Waals surface area contributed by atoms with Gasteiger partial charge in [-0.1, -0.05) is 18.2 Å². The van der Waals surface area contributed by atoms with Crippen molar-refractivity contribution in [3.05, 3.63) is 90.1 Å². The largest absolute Gasteiger partial charge is 0.326 e. The molecule has 0 spiro atoms. The van der Waals surface area contributed by atoms with Crippen LogP contribution >= 0.6 is 0 Å². The molecule has 0 fully saturated rings. The number of fused-ring (bicyclic) bond motifs is 1. The van der Waals surface area contributed by atoms with Crippen LogP contribution in [0.5, 0.6) is 0 Å². The van der Waals surface area contributed by atoms with E-state index >= 15 is 0 Å². The summed E-state index contributed by atoms with van der Waals surface area (Å²) in [6, 6.07) is 18.2. The maximum atomic E-state index is 12.8. The van der Waals surface area contributed by atoms with Gasteiger partial charge in [-0.25, -0.2) is 19.2 Å². The van der Waals surface area contributed by atoms with Gasteiger partial charge in [-0.05, 0) is 56.3 Å². The Morgan fingerprint density at radius 1 is 1.03 bits per heavy atom. The summed E-state index contributed by atoms with van der Waals surface area (Å²) in [6.07, 6.45) is 3.42. The number of anilines is 1. The molecule has 168 valence electrons. The number of pyridine rings is 2. The van der Waals surface area contributed by atoms with Gasteiger partial charge in [-0.3, -0.25) is 9.59 Å². The van der Waals surface area contributed by atoms with E-state index in [9.17, 15) is 9.59 Å². The van der Waals surface area contributed by atoms with E-state index in [0.717, 1.165) is 22.6 Å². The Bertz CT molecular complexity index is 1530. The van der Waals surface area contributed by atoms with E-state index in [1.54, 1.807) is 33.5 Å². The minimum atomic E-state index is -0.235. The van der Waals surface area contributed by atoms with Crippen molar-refractivity contribution in [3.8, 4) is 17.1 Å². The summed E-state index contributed by atoms with van der Waals surface area (Å²) in [5.41, 5.74) is 4.91. The Morgan fingerprint density at radius 2 is 1.88 bits per heavy atom. The molecule has 4 heterocycles. The highest BCUT2D eigenvalue weighted by Crippen LogP contribution is 2.24. The van der Waals surface area contributed by atoms with Crippen molar-refractivity contribution >= 4 is 23.0 Å². The van der Waals surface area contributed by atoms with E-state index in [1.807, 2.05) is 49.5 Å². The minimum Gasteiger partial charge on any atom is -0.326 e. The monoisotopic (exact) mass is 451 g/mol. The summed E-state index contributed by atoms with van der Waals surface area (Å²) >= 11 is 0. The van der Waals surface area contributed by atoms with Crippen molar-refractivity contribution in [1.29, 1.82) is 0 Å². The lowest BCUT2D eigenvalue weighted by molar-refractivity contribution is -0.115. The van der Waals surface area contributed by atoms with Gasteiger partial charge in [0.05, 0.1) is 17.8 Å². The van der Waals surface area contributed by atoms with Crippen molar-refractivity contribution < 1.29 is 9.59 Å². The summed E-state index contributed by atoms with van der Waals surface area (Å²) in [6.45, 7) is 3.41. The molecule has 5 rings (SSSR count). The van der Waals surface area contributed by atoms with Crippen molar-refractivity contribution in [2.45, 2.75) is 20.3 Å². The first kappa shape index (κ1) is 21.2. The van der Waals surface area contributed by atoms with Gasteiger partial charge in [-0.2, -0.15) is 10.2 Å². The molecule has 0 saturated heterocycles. The minimum absolute atomic E-state index is 0.0572. The van der Waals surface area contributed by atoms with Crippen LogP contribution in [-0.4, -0.2) is 41.1 Å². The van der Waals surface area contributed by atoms with E-state index < -0.39 is 0 Å². The molecular formula is C25H21N7O2. The van der Waals surface area contributed by atoms with Crippen LogP contribution in [0, 0.1) is 6.92 Å². The predicted octanol–water partition coefficient (Wildman–Crippen LogP) is 3.67. The van der Waals surface area contributed by atoms with Crippen molar-refractivity contribution in [1.82, 2.24) is 29.4 Å². The lowest BCUT2D eigenvalue weighted by Gasteiger charge is -2.07. The number of amides is 1. The number of hydrogen-bond acceptors (Lipinski definition) is 6. The SMILES string of the molecule is CC(=O)c1cccc(NC(=O)Cc2cc(-c3ccc4ncnn4c3)n(-c3cccc(C)n3)n2)c1. The Morgan fingerprint density at radius 3 is 2.71 bits per heavy atom. The predicted molar refractivity (Wildman–Crippen MR) is 127 cm³/mol. The molecule has 0 aliphatic carbocycles. The lowest BCUT2D eigenvalue weighted by Crippen LogP contribution is -2.15. The molecule has 0 atom stereocenters. The second-order valence-electron chi connectivity index (χ2n) is 7.91. The molecule has 0 unspecified atom stereocenters. The maximum absolute atomic E-state index is 12.8. The first-order valence-corrected chi connectivity index (χ1v) is 10.7. The second-order valence-corrected chi connectivity index (χ2v) is 7.91. The molecule has 0 bridgehead atoms. The zero-order chi connectivity index (χ0) is 23.7. The number of aryl methyl sites for hydroxylation is 1. The molecule has 1 amide bonds. The summed E-state index contributed by atoms with van der Waals surface area (Å²) < 4.78 is 3.41. The summed E-state index contributed by atoms with van der Waals surface area (Å²) in [5.74, 6) is 0.352. The van der Waals surface area contributed by atoms with E-state index in [4.69, 9.17) is 0 Å². The van der Waals surface area contributed by atoms with Gasteiger partial charge in [0.25, 0.3) is 0 Å². The quantitative estimate of drug-likeness (QED) is 0.395. The molecule has 0 aliphatic rings. The molecule has 9 nitrogen and oxygen atoms in total. The first-order chi connectivity index (χ1) is 16.5. The third kappa shape index (κ3) is 4.31. The molecule has 34 heavy (non-hydrogen) atoms. The highest BCUT2D eigenvalue weighted by atomic mass is 16.1. The number of rotatable bonds is 6. The molecular weight excluding hydrogens is 430 g/mol. The first-order valence-electron chi connectivity index (χ1n) is 10.7. The van der Waals surface area contributed by atoms with E-state index in [0.29, 0.717) is 22.8 Å². The third-order valence-electron chi connectivity index (χ3n) is 5.31. The van der Waals surface area contributed by atoms with E-state index in [1.165, 1.54) is 13.3 Å². The van der Waals surface area contributed by atoms with E-state index in [2.05, 4.69) is 25.5 Å². The molecule has 5 aromatic rings. The molecule has 4 aromatic heterocycles. The molecule has 0 aliphatic heterocycles. The number of hydrogen-bond donors (Lipinski definition) is 1. The average Bonchev–Trinajstić information content (AvgIpc) is 3.45. The zero-order valence-electron chi connectivity index (χ0n) is 18.6. The Labute approximate surface area is 195 Å². The normalized spacial score (nSPS) is 11.0. The van der Waals surface area contributed by atoms with Crippen LogP contribution in [0.2, 0.25) is 0 Å². The highest BCUT2D eigenvalue weighted by Gasteiger charge is 2.16. The van der Waals surface area contributed by atoms with Crippen LogP contribution in [0.4, 0.5) is 5.69 Å². The summed E-state index contributed by atoms with van der Waals surface area (Å²) in [4.78, 5) is 33.2. The van der Waals surface area contributed by atoms with Crippen LogP contribution in [0.15, 0.2) is 73.2 Å². The molecule has 9 heteroatoms. The highest BCUT2D eigenvalue weighted by molar-refractivity contribution is 5.97. The maximum Gasteiger partial charge on any atom is 0.230 e. The average molecular weight is 451 g/mol. The number of aromatic nitrogens is 6. The molecule has 1 aromatic carbocycles. The van der Waals surface area contributed by atoms with Crippen LogP contribution in [0.1, 0.15) is 28.7 Å². The third-order valence-corrected chi connectivity index (χ3v) is 5.31. The molecule has 1 N–H and O–H groups in total. The van der Waals surface area contributed by atoms with Crippen LogP contribution < -0.4 is 5.32 Å². The standard InChI is InChI=1S/C25H21N7O2/c1-16-5-3-8-24(28-16)32-22(19-9-10-23-26-15-27-31(23)14-19)12-21(30-32)13-25(34)29-20-7-4-6-18(11-20)17(2)33/h3-12,14-15H,13H2,1-2H3,(H,29,34). The Kier molecular flexibility index (Phi) is 5.43. The Hall–Kier alpha value is -4.66. The summed E-state index contributed by atoms with van der Waals surface area (Å²) in [5, 5.41) is 11.7. The fourth-order valence-electron chi connectivity index (χ4n) is 3.70. The van der Waals surface area contributed by atoms with Crippen LogP contribution in [0.3, 0.4) is 0 Å². The Balaban J connectivity index is 1.48. The van der Waals surface area contributed by atoms with E-state index in [-0.39, 0.29) is 18.1 Å². The van der Waals surface area contributed by atoms with Gasteiger partial charge in [0, 0.05) is 28.7 Å². The number of benzene rings is 1. The zero-order valence-corrected chi connectivity index (χ0v) is 18.6. The molecule has 0 saturated carbocycles. The topological polar surface area (TPSA) is 107 Å². The lowest BCUT2D eigenvalue weighted by atomic mass is 10.1. The second kappa shape index (κ2) is 8.70. The van der Waals surface area contributed by atoms with Gasteiger partial charge in [-0.15, -0.1) is 0 Å². The smallest absolute Gasteiger partial charge is 0.230 e. The van der Waals surface area contributed by atoms with Gasteiger partial charge in [0.2, 0.25) is 5.91 Å². The number of nitrogens with zero attached hydrogens (tertiary/aromatic N) is 6. The van der Waals surface area contributed by atoms with Crippen molar-refractivity contribution in [2.75, 3.05) is 5.32 Å². The fourth-order valence-corrected chi connectivity index (χ4v) is 3.70. The van der Waals surface area contributed by atoms with Gasteiger partial charge in [0.1, 0.15) is 6.33 Å².